The van der Waals surface area contributed by atoms with E-state index in [0.29, 0.717) is 34.0 Å². The molecule has 8 heteroatoms. The van der Waals surface area contributed by atoms with Crippen LogP contribution in [0, 0.1) is 17.0 Å². The van der Waals surface area contributed by atoms with E-state index >= 15 is 0 Å². The molecule has 8 nitrogen and oxygen atoms in total. The number of carbonyl (C=O) groups excluding carboxylic acids is 1. The smallest absolute Gasteiger partial charge is 0.273 e. The van der Waals surface area contributed by atoms with Gasteiger partial charge in [0.25, 0.3) is 11.6 Å². The average Bonchev–Trinajstić information content (AvgIpc) is 3.17. The molecule has 0 bridgehead atoms. The zero-order valence-corrected chi connectivity index (χ0v) is 16.2. The molecule has 0 aliphatic heterocycles. The molecule has 4 aromatic rings. The van der Waals surface area contributed by atoms with Gasteiger partial charge in [0, 0.05) is 28.4 Å². The molecule has 1 N–H and O–H groups in total. The number of anilines is 1. The number of aryl methyl sites for hydroxylation is 1. The molecule has 0 unspecified atom stereocenters. The van der Waals surface area contributed by atoms with Gasteiger partial charge in [0.2, 0.25) is 5.89 Å². The molecular formula is C22H17N3O5. The van der Waals surface area contributed by atoms with Crippen LogP contribution in [-0.4, -0.2) is 22.9 Å². The number of aromatic nitrogens is 1. The third-order valence-corrected chi connectivity index (χ3v) is 4.63. The molecule has 0 fully saturated rings. The number of methoxy groups -OCH3 is 1. The minimum absolute atomic E-state index is 0.0995. The van der Waals surface area contributed by atoms with Crippen molar-refractivity contribution in [2.45, 2.75) is 6.92 Å². The normalized spacial score (nSPS) is 10.7. The van der Waals surface area contributed by atoms with Gasteiger partial charge in [0.15, 0.2) is 5.58 Å². The van der Waals surface area contributed by atoms with Crippen LogP contribution in [0.1, 0.15) is 15.9 Å². The molecule has 0 atom stereocenters. The number of nitro benzene ring substituents is 1. The highest BCUT2D eigenvalue weighted by Crippen LogP contribution is 2.28. The van der Waals surface area contributed by atoms with Gasteiger partial charge in [-0.3, -0.25) is 14.9 Å². The third-order valence-electron chi connectivity index (χ3n) is 4.63. The first kappa shape index (κ1) is 19.1. The van der Waals surface area contributed by atoms with Crippen LogP contribution in [0.5, 0.6) is 5.75 Å². The summed E-state index contributed by atoms with van der Waals surface area (Å²) in [5, 5.41) is 13.8. The number of hydrogen-bond acceptors (Lipinski definition) is 6. The fourth-order valence-corrected chi connectivity index (χ4v) is 3.04. The van der Waals surface area contributed by atoms with Crippen molar-refractivity contribution in [3.05, 3.63) is 81.9 Å². The van der Waals surface area contributed by atoms with Crippen molar-refractivity contribution in [2.75, 3.05) is 12.4 Å². The number of fused-ring (bicyclic) bond motifs is 1. The van der Waals surface area contributed by atoms with Gasteiger partial charge in [0.05, 0.1) is 12.0 Å². The van der Waals surface area contributed by atoms with Crippen LogP contribution in [0.3, 0.4) is 0 Å². The fourth-order valence-electron chi connectivity index (χ4n) is 3.04. The molecule has 0 saturated heterocycles. The highest BCUT2D eigenvalue weighted by atomic mass is 16.6. The number of benzene rings is 3. The van der Waals surface area contributed by atoms with Crippen LogP contribution in [0.25, 0.3) is 22.6 Å². The summed E-state index contributed by atoms with van der Waals surface area (Å²) in [6.45, 7) is 1.62. The Kier molecular flexibility index (Phi) is 4.89. The summed E-state index contributed by atoms with van der Waals surface area (Å²) in [6.07, 6.45) is 0. The lowest BCUT2D eigenvalue weighted by Gasteiger charge is -2.06. The number of nitro groups is 1. The quantitative estimate of drug-likeness (QED) is 0.372. The third kappa shape index (κ3) is 3.70. The number of nitrogens with one attached hydrogen (secondary N) is 1. The van der Waals surface area contributed by atoms with Crippen molar-refractivity contribution in [1.82, 2.24) is 4.98 Å². The number of hydrogen-bond donors (Lipinski definition) is 1. The minimum Gasteiger partial charge on any atom is -0.497 e. The summed E-state index contributed by atoms with van der Waals surface area (Å²) >= 11 is 0. The fraction of sp³-hybridized carbons (Fsp3) is 0.0909. The Bertz CT molecular complexity index is 1280. The second-order valence-corrected chi connectivity index (χ2v) is 6.65. The van der Waals surface area contributed by atoms with E-state index in [-0.39, 0.29) is 11.3 Å². The molecule has 0 radical (unpaired) electrons. The van der Waals surface area contributed by atoms with Crippen molar-refractivity contribution >= 4 is 28.4 Å². The highest BCUT2D eigenvalue weighted by Gasteiger charge is 2.16. The van der Waals surface area contributed by atoms with E-state index in [2.05, 4.69) is 10.3 Å². The van der Waals surface area contributed by atoms with Crippen molar-refractivity contribution < 1.29 is 18.9 Å². The van der Waals surface area contributed by atoms with Crippen LogP contribution in [0.2, 0.25) is 0 Å². The van der Waals surface area contributed by atoms with Crippen molar-refractivity contribution in [3.63, 3.8) is 0 Å². The lowest BCUT2D eigenvalue weighted by atomic mass is 10.1. The molecule has 150 valence electrons. The summed E-state index contributed by atoms with van der Waals surface area (Å²) in [4.78, 5) is 27.6. The first-order chi connectivity index (χ1) is 14.4. The van der Waals surface area contributed by atoms with E-state index in [1.807, 2.05) is 24.3 Å². The Labute approximate surface area is 171 Å². The second kappa shape index (κ2) is 7.67. The molecule has 1 aromatic heterocycles. The monoisotopic (exact) mass is 403 g/mol. The van der Waals surface area contributed by atoms with Gasteiger partial charge < -0.3 is 14.5 Å². The maximum Gasteiger partial charge on any atom is 0.273 e. The number of carbonyl (C=O) groups is 1. The Hall–Kier alpha value is -4.20. The van der Waals surface area contributed by atoms with Gasteiger partial charge in [0.1, 0.15) is 11.3 Å². The van der Waals surface area contributed by atoms with Crippen molar-refractivity contribution in [2.24, 2.45) is 0 Å². The number of nitrogens with zero attached hydrogens (tertiary/aromatic N) is 2. The van der Waals surface area contributed by atoms with E-state index in [1.165, 1.54) is 6.07 Å². The predicted octanol–water partition coefficient (Wildman–Crippen LogP) is 4.97. The lowest BCUT2D eigenvalue weighted by molar-refractivity contribution is -0.385. The standard InChI is InChI=1S/C22H17N3O5/c1-13-6-7-14(11-19(13)25(27)28)21(26)23-16-8-9-20-18(12-16)24-22(30-20)15-4-3-5-17(10-15)29-2/h3-12H,1-2H3,(H,23,26). The minimum atomic E-state index is -0.506. The predicted molar refractivity (Wildman–Crippen MR) is 112 cm³/mol. The van der Waals surface area contributed by atoms with E-state index in [9.17, 15) is 14.9 Å². The summed E-state index contributed by atoms with van der Waals surface area (Å²) in [6, 6.07) is 16.8. The zero-order valence-electron chi connectivity index (χ0n) is 16.2. The highest BCUT2D eigenvalue weighted by molar-refractivity contribution is 6.05. The van der Waals surface area contributed by atoms with Gasteiger partial charge in [-0.05, 0) is 49.4 Å². The average molecular weight is 403 g/mol. The number of amides is 1. The van der Waals surface area contributed by atoms with Crippen LogP contribution in [-0.2, 0) is 0 Å². The summed E-state index contributed by atoms with van der Waals surface area (Å²) in [7, 11) is 1.59. The van der Waals surface area contributed by atoms with E-state index < -0.39 is 10.8 Å². The Balaban J connectivity index is 1.60. The van der Waals surface area contributed by atoms with Crippen LogP contribution in [0.15, 0.2) is 65.1 Å². The Morgan fingerprint density at radius 3 is 2.73 bits per heavy atom. The van der Waals surface area contributed by atoms with E-state index in [4.69, 9.17) is 9.15 Å². The van der Waals surface area contributed by atoms with Crippen LogP contribution >= 0.6 is 0 Å². The number of rotatable bonds is 5. The molecular weight excluding hydrogens is 386 g/mol. The lowest BCUT2D eigenvalue weighted by Crippen LogP contribution is -2.12. The first-order valence-corrected chi connectivity index (χ1v) is 9.06. The SMILES string of the molecule is COc1cccc(-c2nc3cc(NC(=O)c4ccc(C)c([N+](=O)[O-])c4)ccc3o2)c1. The van der Waals surface area contributed by atoms with Gasteiger partial charge in [-0.1, -0.05) is 12.1 Å². The van der Waals surface area contributed by atoms with Gasteiger partial charge in [-0.25, -0.2) is 4.98 Å². The largest absolute Gasteiger partial charge is 0.497 e. The molecule has 4 rings (SSSR count). The molecule has 0 aliphatic carbocycles. The molecule has 0 saturated carbocycles. The summed E-state index contributed by atoms with van der Waals surface area (Å²) in [5.74, 6) is 0.672. The molecule has 0 spiro atoms. The molecule has 1 heterocycles. The zero-order chi connectivity index (χ0) is 21.3. The van der Waals surface area contributed by atoms with Crippen LogP contribution in [0.4, 0.5) is 11.4 Å². The maximum absolute atomic E-state index is 12.5. The van der Waals surface area contributed by atoms with Gasteiger partial charge in [-0.2, -0.15) is 0 Å². The molecule has 0 aliphatic rings. The van der Waals surface area contributed by atoms with Crippen molar-refractivity contribution in [1.29, 1.82) is 0 Å². The topological polar surface area (TPSA) is 108 Å². The van der Waals surface area contributed by atoms with Crippen LogP contribution < -0.4 is 10.1 Å². The van der Waals surface area contributed by atoms with Gasteiger partial charge in [-0.15, -0.1) is 0 Å². The van der Waals surface area contributed by atoms with Gasteiger partial charge >= 0.3 is 0 Å². The Morgan fingerprint density at radius 1 is 1.13 bits per heavy atom. The maximum atomic E-state index is 12.5. The van der Waals surface area contributed by atoms with E-state index in [1.54, 1.807) is 44.4 Å². The molecule has 3 aromatic carbocycles. The molecule has 1 amide bonds. The second-order valence-electron chi connectivity index (χ2n) is 6.65. The first-order valence-electron chi connectivity index (χ1n) is 9.06. The summed E-state index contributed by atoms with van der Waals surface area (Å²) in [5.41, 5.74) is 2.99. The van der Waals surface area contributed by atoms with E-state index in [0.717, 1.165) is 5.56 Å². The number of ether oxygens (including phenoxy) is 1. The number of oxazole rings is 1. The summed E-state index contributed by atoms with van der Waals surface area (Å²) < 4.78 is 11.0. The molecule has 30 heavy (non-hydrogen) atoms. The Morgan fingerprint density at radius 2 is 1.97 bits per heavy atom. The van der Waals surface area contributed by atoms with Crippen molar-refractivity contribution in [3.8, 4) is 17.2 Å².